The van der Waals surface area contributed by atoms with Crippen molar-refractivity contribution in [1.29, 1.82) is 0 Å². The lowest BCUT2D eigenvalue weighted by Crippen LogP contribution is -2.13. The highest BCUT2D eigenvalue weighted by Crippen LogP contribution is 2.36. The topological polar surface area (TPSA) is 55.2 Å². The predicted molar refractivity (Wildman–Crippen MR) is 136 cm³/mol. The van der Waals surface area contributed by atoms with Crippen LogP contribution in [-0.4, -0.2) is 22.5 Å². The second kappa shape index (κ2) is 7.89. The summed E-state index contributed by atoms with van der Waals surface area (Å²) in [4.78, 5) is 26.3. The molecule has 1 aromatic heterocycles. The number of carbonyl (C=O) groups is 1. The van der Waals surface area contributed by atoms with Gasteiger partial charge in [0, 0.05) is 41.3 Å². The van der Waals surface area contributed by atoms with Gasteiger partial charge >= 0.3 is 0 Å². The van der Waals surface area contributed by atoms with Crippen molar-refractivity contribution in [3.8, 4) is 11.4 Å². The molecule has 0 bridgehead atoms. The molecule has 162 valence electrons. The fourth-order valence-electron chi connectivity index (χ4n) is 4.53. The van der Waals surface area contributed by atoms with Crippen molar-refractivity contribution < 1.29 is 4.79 Å². The minimum Gasteiger partial charge on any atom is -0.294 e. The summed E-state index contributed by atoms with van der Waals surface area (Å²) in [5.74, 6) is 0.872. The van der Waals surface area contributed by atoms with Crippen LogP contribution in [0.5, 0.6) is 0 Å². The molecule has 0 unspecified atom stereocenters. The molecular weight excluding hydrogens is 406 g/mol. The number of aromatic nitrogens is 2. The molecule has 3 aromatic rings. The molecule has 2 aromatic carbocycles. The summed E-state index contributed by atoms with van der Waals surface area (Å²) in [6.45, 7) is 11.7. The van der Waals surface area contributed by atoms with Crippen LogP contribution in [0.1, 0.15) is 58.6 Å². The molecule has 2 aliphatic rings. The highest BCUT2D eigenvalue weighted by Gasteiger charge is 2.25. The molecule has 0 amide bonds. The van der Waals surface area contributed by atoms with Gasteiger partial charge in [0.2, 0.25) is 0 Å². The average molecular weight is 432 g/mol. The zero-order chi connectivity index (χ0) is 23.2. The highest BCUT2D eigenvalue weighted by atomic mass is 16.1. The summed E-state index contributed by atoms with van der Waals surface area (Å²) in [5.41, 5.74) is 8.48. The monoisotopic (exact) mass is 431 g/mol. The maximum atomic E-state index is 12.7. The largest absolute Gasteiger partial charge is 0.294 e. The molecule has 4 heteroatoms. The van der Waals surface area contributed by atoms with Crippen molar-refractivity contribution in [3.63, 3.8) is 0 Å². The molecule has 4 nitrogen and oxygen atoms in total. The van der Waals surface area contributed by atoms with E-state index in [-0.39, 0.29) is 11.2 Å². The fraction of sp³-hybridized carbons (Fsp3) is 0.172. The number of aliphatic imine (C=N–C) groups is 1. The summed E-state index contributed by atoms with van der Waals surface area (Å²) in [6, 6.07) is 12.0. The molecule has 33 heavy (non-hydrogen) atoms. The van der Waals surface area contributed by atoms with Crippen molar-refractivity contribution in [2.75, 3.05) is 0 Å². The quantitative estimate of drug-likeness (QED) is 0.430. The molecule has 5 rings (SSSR count). The van der Waals surface area contributed by atoms with Gasteiger partial charge in [-0.1, -0.05) is 56.9 Å². The van der Waals surface area contributed by atoms with Crippen LogP contribution in [0.25, 0.3) is 29.1 Å². The van der Waals surface area contributed by atoms with E-state index in [1.165, 1.54) is 0 Å². The summed E-state index contributed by atoms with van der Waals surface area (Å²) >= 11 is 0. The molecule has 2 aliphatic carbocycles. The standard InChI is InChI=1S/C29H25N3O/c1-5-18-14-21(7-10-25(18)30-4)28-31-17-24-22(9-11-26(24)32-28)19-6-8-23-20(15-19)12-13-29(2,3)16-27(23)33/h5-10,12-15,17H,1,4,11,16H2,2-3H3. The number of ketones is 1. The molecule has 0 saturated heterocycles. The van der Waals surface area contributed by atoms with Crippen LogP contribution in [0.2, 0.25) is 0 Å². The van der Waals surface area contributed by atoms with Crippen molar-refractivity contribution in [1.82, 2.24) is 9.97 Å². The summed E-state index contributed by atoms with van der Waals surface area (Å²) in [5, 5.41) is 0. The smallest absolute Gasteiger partial charge is 0.164 e. The summed E-state index contributed by atoms with van der Waals surface area (Å²) in [7, 11) is 0. The number of carbonyl (C=O) groups excluding carboxylic acids is 1. The first-order chi connectivity index (χ1) is 15.9. The predicted octanol–water partition coefficient (Wildman–Crippen LogP) is 6.73. The van der Waals surface area contributed by atoms with E-state index in [9.17, 15) is 4.79 Å². The molecule has 0 atom stereocenters. The van der Waals surface area contributed by atoms with Crippen LogP contribution in [0.3, 0.4) is 0 Å². The Balaban J connectivity index is 1.49. The molecule has 0 saturated carbocycles. The summed E-state index contributed by atoms with van der Waals surface area (Å²) < 4.78 is 0. The van der Waals surface area contributed by atoms with Gasteiger partial charge in [-0.15, -0.1) is 0 Å². The van der Waals surface area contributed by atoms with E-state index in [0.29, 0.717) is 12.2 Å². The van der Waals surface area contributed by atoms with Gasteiger partial charge in [0.15, 0.2) is 11.6 Å². The Morgan fingerprint density at radius 1 is 1.09 bits per heavy atom. The van der Waals surface area contributed by atoms with E-state index in [2.05, 4.69) is 61.4 Å². The molecule has 1 heterocycles. The number of allylic oxidation sites excluding steroid dienone is 2. The second-order valence-corrected chi connectivity index (χ2v) is 9.24. The maximum absolute atomic E-state index is 12.7. The number of fused-ring (bicyclic) bond motifs is 2. The van der Waals surface area contributed by atoms with Crippen LogP contribution in [-0.2, 0) is 6.42 Å². The normalized spacial score (nSPS) is 15.9. The lowest BCUT2D eigenvalue weighted by molar-refractivity contribution is 0.0951. The highest BCUT2D eigenvalue weighted by molar-refractivity contribution is 6.01. The molecule has 0 fully saturated rings. The van der Waals surface area contributed by atoms with E-state index >= 15 is 0 Å². The van der Waals surface area contributed by atoms with E-state index in [1.807, 2.05) is 36.5 Å². The Bertz CT molecular complexity index is 1390. The minimum absolute atomic E-state index is 0.134. The Morgan fingerprint density at radius 2 is 1.91 bits per heavy atom. The maximum Gasteiger partial charge on any atom is 0.164 e. The first kappa shape index (κ1) is 21.0. The number of benzene rings is 2. The first-order valence-corrected chi connectivity index (χ1v) is 11.1. The third-order valence-electron chi connectivity index (χ3n) is 6.33. The van der Waals surface area contributed by atoms with Crippen molar-refractivity contribution in [2.45, 2.75) is 26.7 Å². The number of hydrogen-bond acceptors (Lipinski definition) is 4. The van der Waals surface area contributed by atoms with E-state index in [1.54, 1.807) is 6.08 Å². The van der Waals surface area contributed by atoms with Crippen molar-refractivity contribution >= 4 is 35.9 Å². The van der Waals surface area contributed by atoms with Crippen LogP contribution < -0.4 is 0 Å². The Labute approximate surface area is 194 Å². The van der Waals surface area contributed by atoms with Gasteiger partial charge in [0.05, 0.1) is 11.4 Å². The van der Waals surface area contributed by atoms with Gasteiger partial charge in [-0.2, -0.15) is 0 Å². The van der Waals surface area contributed by atoms with Crippen LogP contribution in [0, 0.1) is 5.41 Å². The lowest BCUT2D eigenvalue weighted by atomic mass is 9.87. The van der Waals surface area contributed by atoms with E-state index < -0.39 is 0 Å². The number of rotatable bonds is 4. The van der Waals surface area contributed by atoms with Crippen molar-refractivity contribution in [3.05, 3.63) is 94.8 Å². The SMILES string of the molecule is C=Cc1cc(-c2ncc3c(n2)CC=C3c2ccc3c(c2)C=CC(C)(C)CC3=O)ccc1N=C. The Kier molecular flexibility index (Phi) is 5.01. The van der Waals surface area contributed by atoms with Crippen LogP contribution in [0.15, 0.2) is 66.3 Å². The zero-order valence-corrected chi connectivity index (χ0v) is 18.9. The molecular formula is C29H25N3O. The Hall–Kier alpha value is -3.92. The van der Waals surface area contributed by atoms with Gasteiger partial charge in [0.25, 0.3) is 0 Å². The molecule has 0 N–H and O–H groups in total. The van der Waals surface area contributed by atoms with Crippen molar-refractivity contribution in [2.24, 2.45) is 10.4 Å². The number of hydrogen-bond donors (Lipinski definition) is 0. The second-order valence-electron chi connectivity index (χ2n) is 9.24. The third-order valence-corrected chi connectivity index (χ3v) is 6.33. The first-order valence-electron chi connectivity index (χ1n) is 11.1. The molecule has 0 aliphatic heterocycles. The minimum atomic E-state index is -0.134. The zero-order valence-electron chi connectivity index (χ0n) is 18.9. The van der Waals surface area contributed by atoms with Gasteiger partial charge < -0.3 is 0 Å². The van der Waals surface area contributed by atoms with Crippen LogP contribution in [0.4, 0.5) is 5.69 Å². The van der Waals surface area contributed by atoms with Gasteiger partial charge in [-0.3, -0.25) is 9.79 Å². The fourth-order valence-corrected chi connectivity index (χ4v) is 4.53. The van der Waals surface area contributed by atoms with E-state index in [4.69, 9.17) is 4.98 Å². The third kappa shape index (κ3) is 3.78. The lowest BCUT2D eigenvalue weighted by Gasteiger charge is -2.16. The molecule has 0 radical (unpaired) electrons. The summed E-state index contributed by atoms with van der Waals surface area (Å²) in [6.07, 6.45) is 11.3. The number of Topliss-reactive ketones (excluding diaryl/α,β-unsaturated/α-hetero) is 1. The average Bonchev–Trinajstić information content (AvgIpc) is 3.20. The number of nitrogens with zero attached hydrogens (tertiary/aromatic N) is 3. The van der Waals surface area contributed by atoms with Gasteiger partial charge in [-0.05, 0) is 53.1 Å². The van der Waals surface area contributed by atoms with Crippen LogP contribution >= 0.6 is 0 Å². The van der Waals surface area contributed by atoms with E-state index in [0.717, 1.165) is 56.8 Å². The Morgan fingerprint density at radius 3 is 2.70 bits per heavy atom. The van der Waals surface area contributed by atoms with Gasteiger partial charge in [0.1, 0.15) is 0 Å². The molecule has 0 spiro atoms. The van der Waals surface area contributed by atoms with Gasteiger partial charge in [-0.25, -0.2) is 9.97 Å².